The van der Waals surface area contributed by atoms with Crippen LogP contribution in [0.2, 0.25) is 0 Å². The minimum Gasteiger partial charge on any atom is -0.481 e. The summed E-state index contributed by atoms with van der Waals surface area (Å²) in [6.45, 7) is 1.77. The molecule has 5 nitrogen and oxygen atoms in total. The summed E-state index contributed by atoms with van der Waals surface area (Å²) in [6.07, 6.45) is 1.56. The molecule has 0 saturated heterocycles. The second-order valence-electron chi connectivity index (χ2n) is 4.38. The van der Waals surface area contributed by atoms with Gasteiger partial charge in [0.05, 0.1) is 11.4 Å². The van der Waals surface area contributed by atoms with E-state index >= 15 is 0 Å². The van der Waals surface area contributed by atoms with Gasteiger partial charge in [-0.25, -0.2) is 0 Å². The molecule has 0 amide bonds. The first kappa shape index (κ1) is 13.3. The molecule has 0 aliphatic heterocycles. The molecule has 0 aliphatic carbocycles. The molecule has 1 aromatic carbocycles. The number of hydrogen-bond acceptors (Lipinski definition) is 3. The molecule has 0 saturated carbocycles. The second kappa shape index (κ2) is 5.24. The average molecular weight is 261 g/mol. The van der Waals surface area contributed by atoms with Crippen LogP contribution in [0.5, 0.6) is 0 Å². The van der Waals surface area contributed by atoms with Crippen molar-refractivity contribution in [3.05, 3.63) is 46.2 Å². The Morgan fingerprint density at radius 1 is 1.42 bits per heavy atom. The molecule has 5 heteroatoms. The Labute approximate surface area is 110 Å². The van der Waals surface area contributed by atoms with Gasteiger partial charge in [-0.3, -0.25) is 9.59 Å². The van der Waals surface area contributed by atoms with Crippen molar-refractivity contribution in [3.63, 3.8) is 0 Å². The number of aromatic nitrogens is 1. The molecule has 1 unspecified atom stereocenters. The van der Waals surface area contributed by atoms with Crippen LogP contribution in [-0.4, -0.2) is 22.8 Å². The highest BCUT2D eigenvalue weighted by Gasteiger charge is 2.19. The lowest BCUT2D eigenvalue weighted by Gasteiger charge is -2.14. The topological polar surface area (TPSA) is 68.5 Å². The monoisotopic (exact) mass is 261 g/mol. The molecule has 2 rings (SSSR count). The summed E-state index contributed by atoms with van der Waals surface area (Å²) in [6, 6.07) is 7.09. The first-order chi connectivity index (χ1) is 9.06. The molecule has 0 aliphatic rings. The molecule has 0 spiro atoms. The molecule has 2 aromatic rings. The Hall–Kier alpha value is -2.14. The molecule has 1 N–H and O–H groups in total. The number of ether oxygens (including phenoxy) is 1. The summed E-state index contributed by atoms with van der Waals surface area (Å²) in [5, 5.41) is 9.58. The van der Waals surface area contributed by atoms with Crippen LogP contribution in [0.1, 0.15) is 18.4 Å². The molecule has 19 heavy (non-hydrogen) atoms. The van der Waals surface area contributed by atoms with E-state index in [1.807, 2.05) is 12.1 Å². The van der Waals surface area contributed by atoms with Crippen molar-refractivity contribution >= 4 is 16.9 Å². The number of hydrogen-bond donors (Lipinski definition) is 1. The third kappa shape index (κ3) is 2.37. The fourth-order valence-electron chi connectivity index (χ4n) is 2.06. The minimum absolute atomic E-state index is 0.238. The normalized spacial score (nSPS) is 12.5. The first-order valence-electron chi connectivity index (χ1n) is 5.90. The van der Waals surface area contributed by atoms with E-state index < -0.39 is 11.9 Å². The number of carboxylic acids is 1. The van der Waals surface area contributed by atoms with Crippen molar-refractivity contribution in [2.45, 2.75) is 19.6 Å². The number of para-hydroxylation sites is 1. The van der Waals surface area contributed by atoms with Crippen molar-refractivity contribution < 1.29 is 14.6 Å². The van der Waals surface area contributed by atoms with E-state index in [0.717, 1.165) is 5.52 Å². The van der Waals surface area contributed by atoms with Crippen LogP contribution in [0.25, 0.3) is 10.9 Å². The molecule has 0 bridgehead atoms. The van der Waals surface area contributed by atoms with Gasteiger partial charge >= 0.3 is 5.97 Å². The van der Waals surface area contributed by atoms with Gasteiger partial charge < -0.3 is 14.4 Å². The lowest BCUT2D eigenvalue weighted by molar-refractivity contribution is -0.138. The zero-order valence-corrected chi connectivity index (χ0v) is 10.8. The SMILES string of the molecule is COCn1cc(C(C)C(=O)O)c(=O)c2ccccc21. The third-order valence-corrected chi connectivity index (χ3v) is 3.12. The van der Waals surface area contributed by atoms with Crippen molar-refractivity contribution in [1.82, 2.24) is 4.57 Å². The Morgan fingerprint density at radius 2 is 2.11 bits per heavy atom. The summed E-state index contributed by atoms with van der Waals surface area (Å²) in [5.74, 6) is -1.86. The maximum Gasteiger partial charge on any atom is 0.310 e. The molecule has 0 radical (unpaired) electrons. The predicted octanol–water partition coefficient (Wildman–Crippen LogP) is 1.79. The highest BCUT2D eigenvalue weighted by molar-refractivity contribution is 5.82. The van der Waals surface area contributed by atoms with Crippen molar-refractivity contribution in [1.29, 1.82) is 0 Å². The third-order valence-electron chi connectivity index (χ3n) is 3.12. The number of carbonyl (C=O) groups is 1. The van der Waals surface area contributed by atoms with E-state index in [2.05, 4.69) is 0 Å². The van der Waals surface area contributed by atoms with Crippen LogP contribution in [0, 0.1) is 0 Å². The summed E-state index contributed by atoms with van der Waals surface area (Å²) in [7, 11) is 1.55. The number of nitrogens with zero attached hydrogens (tertiary/aromatic N) is 1. The highest BCUT2D eigenvalue weighted by atomic mass is 16.5. The molecule has 1 aromatic heterocycles. The lowest BCUT2D eigenvalue weighted by Crippen LogP contribution is -2.21. The maximum atomic E-state index is 12.3. The van der Waals surface area contributed by atoms with E-state index in [1.165, 1.54) is 6.92 Å². The fourth-order valence-corrected chi connectivity index (χ4v) is 2.06. The van der Waals surface area contributed by atoms with Crippen molar-refractivity contribution in [3.8, 4) is 0 Å². The molecule has 0 fully saturated rings. The van der Waals surface area contributed by atoms with Gasteiger partial charge in [-0.15, -0.1) is 0 Å². The van der Waals surface area contributed by atoms with Gasteiger partial charge in [-0.05, 0) is 19.1 Å². The summed E-state index contributed by atoms with van der Waals surface area (Å²) in [5.41, 5.74) is 0.761. The number of methoxy groups -OCH3 is 1. The zero-order valence-electron chi connectivity index (χ0n) is 10.8. The zero-order chi connectivity index (χ0) is 14.0. The number of rotatable bonds is 4. The van der Waals surface area contributed by atoms with Crippen LogP contribution >= 0.6 is 0 Å². The van der Waals surface area contributed by atoms with E-state index in [4.69, 9.17) is 9.84 Å². The van der Waals surface area contributed by atoms with E-state index in [-0.39, 0.29) is 17.7 Å². The summed E-state index contributed by atoms with van der Waals surface area (Å²) in [4.78, 5) is 23.4. The van der Waals surface area contributed by atoms with E-state index in [9.17, 15) is 9.59 Å². The molecule has 100 valence electrons. The number of pyridine rings is 1. The van der Waals surface area contributed by atoms with E-state index in [1.54, 1.807) is 30.0 Å². The van der Waals surface area contributed by atoms with Gasteiger partial charge in [0.2, 0.25) is 0 Å². The number of aliphatic carboxylic acids is 1. The lowest BCUT2D eigenvalue weighted by atomic mass is 10.0. The van der Waals surface area contributed by atoms with Crippen LogP contribution in [0.4, 0.5) is 0 Å². The Kier molecular flexibility index (Phi) is 3.66. The quantitative estimate of drug-likeness (QED) is 0.911. The van der Waals surface area contributed by atoms with Gasteiger partial charge in [0, 0.05) is 24.3 Å². The molecular weight excluding hydrogens is 246 g/mol. The van der Waals surface area contributed by atoms with Gasteiger partial charge in [0.1, 0.15) is 6.73 Å². The smallest absolute Gasteiger partial charge is 0.310 e. The first-order valence-corrected chi connectivity index (χ1v) is 5.90. The van der Waals surface area contributed by atoms with Gasteiger partial charge in [-0.1, -0.05) is 12.1 Å². The average Bonchev–Trinajstić information content (AvgIpc) is 2.41. The van der Waals surface area contributed by atoms with Crippen LogP contribution in [0.3, 0.4) is 0 Å². The Bertz CT molecular complexity index is 675. The largest absolute Gasteiger partial charge is 0.481 e. The van der Waals surface area contributed by atoms with Gasteiger partial charge in [0.15, 0.2) is 5.43 Å². The maximum absolute atomic E-state index is 12.3. The fraction of sp³-hybridized carbons (Fsp3) is 0.286. The number of fused-ring (bicyclic) bond motifs is 1. The number of benzene rings is 1. The standard InChI is InChI=1S/C14H15NO4/c1-9(14(17)18)11-7-15(8-19-2)12-6-4-3-5-10(12)13(11)16/h3-7,9H,8H2,1-2H3,(H,17,18). The van der Waals surface area contributed by atoms with Crippen LogP contribution in [-0.2, 0) is 16.3 Å². The number of carboxylic acid groups (broad SMARTS) is 1. The van der Waals surface area contributed by atoms with Crippen LogP contribution in [0.15, 0.2) is 35.3 Å². The summed E-state index contributed by atoms with van der Waals surface area (Å²) < 4.78 is 6.83. The van der Waals surface area contributed by atoms with Gasteiger partial charge in [0.25, 0.3) is 0 Å². The second-order valence-corrected chi connectivity index (χ2v) is 4.38. The summed E-state index contributed by atoms with van der Waals surface area (Å²) >= 11 is 0. The van der Waals surface area contributed by atoms with Crippen molar-refractivity contribution in [2.24, 2.45) is 0 Å². The molecule has 1 heterocycles. The van der Waals surface area contributed by atoms with E-state index in [0.29, 0.717) is 5.39 Å². The Balaban J connectivity index is 2.76. The molecule has 1 atom stereocenters. The van der Waals surface area contributed by atoms with Gasteiger partial charge in [-0.2, -0.15) is 0 Å². The molecular formula is C14H15NO4. The minimum atomic E-state index is -1.02. The predicted molar refractivity (Wildman–Crippen MR) is 71.3 cm³/mol. The highest BCUT2D eigenvalue weighted by Crippen LogP contribution is 2.17. The Morgan fingerprint density at radius 3 is 2.74 bits per heavy atom. The van der Waals surface area contributed by atoms with Crippen molar-refractivity contribution in [2.75, 3.05) is 7.11 Å². The van der Waals surface area contributed by atoms with Crippen LogP contribution < -0.4 is 5.43 Å².